The van der Waals surface area contributed by atoms with E-state index in [0.29, 0.717) is 5.69 Å². The Morgan fingerprint density at radius 3 is 2.08 bits per heavy atom. The van der Waals surface area contributed by atoms with Crippen LogP contribution in [0.25, 0.3) is 0 Å². The zero-order valence-electron chi connectivity index (χ0n) is 22.1. The molecular formula is C29H34BrN3O4S. The van der Waals surface area contributed by atoms with Gasteiger partial charge in [-0.1, -0.05) is 76.6 Å². The number of amides is 2. The molecule has 9 heteroatoms. The molecule has 202 valence electrons. The number of carbonyl (C=O) groups excluding carboxylic acids is 2. The predicted octanol–water partition coefficient (Wildman–Crippen LogP) is 4.69. The number of benzene rings is 3. The minimum absolute atomic E-state index is 0.134. The zero-order valence-corrected chi connectivity index (χ0v) is 24.5. The summed E-state index contributed by atoms with van der Waals surface area (Å²) in [5.74, 6) is -0.766. The van der Waals surface area contributed by atoms with Crippen molar-refractivity contribution in [2.45, 2.75) is 45.8 Å². The summed E-state index contributed by atoms with van der Waals surface area (Å²) in [4.78, 5) is 29.0. The minimum atomic E-state index is -3.79. The highest BCUT2D eigenvalue weighted by Gasteiger charge is 2.33. The number of aryl methyl sites for hydroxylation is 1. The van der Waals surface area contributed by atoms with Crippen molar-refractivity contribution >= 4 is 43.5 Å². The van der Waals surface area contributed by atoms with Gasteiger partial charge in [0.2, 0.25) is 21.8 Å². The summed E-state index contributed by atoms with van der Waals surface area (Å²) in [6.07, 6.45) is 1.36. The van der Waals surface area contributed by atoms with Crippen LogP contribution in [0, 0.1) is 6.92 Å². The van der Waals surface area contributed by atoms with Crippen LogP contribution in [0.15, 0.2) is 83.3 Å². The van der Waals surface area contributed by atoms with Crippen LogP contribution in [-0.2, 0) is 32.6 Å². The van der Waals surface area contributed by atoms with E-state index in [1.54, 1.807) is 25.1 Å². The molecule has 3 aromatic rings. The lowest BCUT2D eigenvalue weighted by Gasteiger charge is -2.34. The third kappa shape index (κ3) is 8.16. The van der Waals surface area contributed by atoms with Crippen LogP contribution in [0.3, 0.4) is 0 Å². The summed E-state index contributed by atoms with van der Waals surface area (Å²) in [6.45, 7) is 5.23. The Kier molecular flexibility index (Phi) is 10.1. The Hall–Kier alpha value is -3.17. The second-order valence-electron chi connectivity index (χ2n) is 9.57. The van der Waals surface area contributed by atoms with Gasteiger partial charge in [0.1, 0.15) is 12.6 Å². The lowest BCUT2D eigenvalue weighted by molar-refractivity contribution is -0.140. The average molecular weight is 601 g/mol. The highest BCUT2D eigenvalue weighted by molar-refractivity contribution is 9.10. The summed E-state index contributed by atoms with van der Waals surface area (Å²) in [7, 11) is -3.79. The van der Waals surface area contributed by atoms with E-state index in [4.69, 9.17) is 0 Å². The fourth-order valence-electron chi connectivity index (χ4n) is 4.16. The zero-order chi connectivity index (χ0) is 27.9. The van der Waals surface area contributed by atoms with Crippen molar-refractivity contribution in [3.8, 4) is 0 Å². The molecule has 1 atom stereocenters. The molecule has 0 aliphatic rings. The van der Waals surface area contributed by atoms with Gasteiger partial charge in [-0.05, 0) is 55.7 Å². The number of hydrogen-bond acceptors (Lipinski definition) is 4. The molecule has 3 aromatic carbocycles. The monoisotopic (exact) mass is 599 g/mol. The molecule has 0 radical (unpaired) electrons. The summed E-state index contributed by atoms with van der Waals surface area (Å²) in [5.41, 5.74) is 2.87. The molecular weight excluding hydrogens is 566 g/mol. The van der Waals surface area contributed by atoms with Gasteiger partial charge in [0.05, 0.1) is 11.9 Å². The predicted molar refractivity (Wildman–Crippen MR) is 155 cm³/mol. The van der Waals surface area contributed by atoms with Gasteiger partial charge in [0, 0.05) is 23.5 Å². The van der Waals surface area contributed by atoms with Crippen molar-refractivity contribution in [2.75, 3.05) is 17.1 Å². The molecule has 0 fully saturated rings. The largest absolute Gasteiger partial charge is 0.352 e. The van der Waals surface area contributed by atoms with E-state index >= 15 is 0 Å². The van der Waals surface area contributed by atoms with Crippen molar-refractivity contribution < 1.29 is 18.0 Å². The Morgan fingerprint density at radius 2 is 1.50 bits per heavy atom. The molecule has 0 unspecified atom stereocenters. The summed E-state index contributed by atoms with van der Waals surface area (Å²) < 4.78 is 27.7. The van der Waals surface area contributed by atoms with Crippen LogP contribution >= 0.6 is 15.9 Å². The first-order chi connectivity index (χ1) is 18.0. The van der Waals surface area contributed by atoms with Gasteiger partial charge in [-0.15, -0.1) is 0 Å². The number of sulfonamides is 1. The van der Waals surface area contributed by atoms with Gasteiger partial charge in [-0.25, -0.2) is 8.42 Å². The van der Waals surface area contributed by atoms with Crippen LogP contribution in [0.2, 0.25) is 0 Å². The molecule has 0 aromatic heterocycles. The van der Waals surface area contributed by atoms with E-state index in [-0.39, 0.29) is 24.9 Å². The van der Waals surface area contributed by atoms with Crippen molar-refractivity contribution in [1.82, 2.24) is 10.2 Å². The average Bonchev–Trinajstić information content (AvgIpc) is 2.85. The Bertz CT molecular complexity index is 1350. The minimum Gasteiger partial charge on any atom is -0.352 e. The SMILES string of the molecule is Cc1ccccc1N(CC(=O)N(Cc1ccc(Br)cc1)[C@H](Cc1ccccc1)C(=O)NC(C)C)S(C)(=O)=O. The van der Waals surface area contributed by atoms with Gasteiger partial charge in [-0.2, -0.15) is 0 Å². The molecule has 0 spiro atoms. The van der Waals surface area contributed by atoms with Crippen molar-refractivity contribution in [3.63, 3.8) is 0 Å². The molecule has 7 nitrogen and oxygen atoms in total. The molecule has 0 heterocycles. The van der Waals surface area contributed by atoms with Crippen molar-refractivity contribution in [1.29, 1.82) is 0 Å². The fraction of sp³-hybridized carbons (Fsp3) is 0.310. The van der Waals surface area contributed by atoms with Gasteiger partial charge >= 0.3 is 0 Å². The van der Waals surface area contributed by atoms with Crippen molar-refractivity contribution in [2.24, 2.45) is 0 Å². The van der Waals surface area contributed by atoms with Gasteiger partial charge in [0.15, 0.2) is 0 Å². The maximum atomic E-state index is 14.0. The van der Waals surface area contributed by atoms with E-state index in [9.17, 15) is 18.0 Å². The molecule has 0 aliphatic carbocycles. The normalized spacial score (nSPS) is 12.2. The third-order valence-corrected chi connectivity index (χ3v) is 7.69. The van der Waals surface area contributed by atoms with Crippen LogP contribution in [0.1, 0.15) is 30.5 Å². The standard InChI is InChI=1S/C29H34BrN3O4S/c1-21(2)31-29(35)27(18-23-11-6-5-7-12-23)32(19-24-14-16-25(30)17-15-24)28(34)20-33(38(4,36)37)26-13-9-8-10-22(26)3/h5-17,21,27H,18-20H2,1-4H3,(H,31,35)/t27-/m1/s1. The van der Waals surface area contributed by atoms with Gasteiger partial charge in [0.25, 0.3) is 0 Å². The number of hydrogen-bond donors (Lipinski definition) is 1. The number of rotatable bonds is 11. The number of carbonyl (C=O) groups is 2. The van der Waals surface area contributed by atoms with E-state index < -0.39 is 28.5 Å². The van der Waals surface area contributed by atoms with E-state index in [1.165, 1.54) is 4.90 Å². The topological polar surface area (TPSA) is 86.8 Å². The van der Waals surface area contributed by atoms with Gasteiger partial charge < -0.3 is 10.2 Å². The number of halogens is 1. The molecule has 2 amide bonds. The number of nitrogens with zero attached hydrogens (tertiary/aromatic N) is 2. The van der Waals surface area contributed by atoms with Crippen LogP contribution in [0.5, 0.6) is 0 Å². The number of anilines is 1. The maximum absolute atomic E-state index is 14.0. The maximum Gasteiger partial charge on any atom is 0.244 e. The Morgan fingerprint density at radius 1 is 0.895 bits per heavy atom. The lowest BCUT2D eigenvalue weighted by atomic mass is 10.0. The smallest absolute Gasteiger partial charge is 0.244 e. The molecule has 1 N–H and O–H groups in total. The summed E-state index contributed by atoms with van der Waals surface area (Å²) >= 11 is 3.43. The highest BCUT2D eigenvalue weighted by atomic mass is 79.9. The molecule has 0 saturated carbocycles. The van der Waals surface area contributed by atoms with E-state index in [1.807, 2.05) is 74.5 Å². The third-order valence-electron chi connectivity index (χ3n) is 6.03. The molecule has 38 heavy (non-hydrogen) atoms. The van der Waals surface area contributed by atoms with E-state index in [2.05, 4.69) is 21.2 Å². The van der Waals surface area contributed by atoms with Crippen LogP contribution in [0.4, 0.5) is 5.69 Å². The summed E-state index contributed by atoms with van der Waals surface area (Å²) in [5, 5.41) is 2.95. The first kappa shape index (κ1) is 29.4. The van der Waals surface area contributed by atoms with Crippen molar-refractivity contribution in [3.05, 3.63) is 100 Å². The first-order valence-corrected chi connectivity index (χ1v) is 15.0. The second kappa shape index (κ2) is 13.1. The Labute approximate surface area is 234 Å². The summed E-state index contributed by atoms with van der Waals surface area (Å²) in [6, 6.07) is 23.0. The fourth-order valence-corrected chi connectivity index (χ4v) is 5.33. The lowest BCUT2D eigenvalue weighted by Crippen LogP contribution is -2.54. The molecule has 0 aliphatic heterocycles. The van der Waals surface area contributed by atoms with Crippen LogP contribution < -0.4 is 9.62 Å². The number of nitrogens with one attached hydrogen (secondary N) is 1. The highest BCUT2D eigenvalue weighted by Crippen LogP contribution is 2.24. The molecule has 0 saturated heterocycles. The first-order valence-electron chi connectivity index (χ1n) is 12.4. The van der Waals surface area contributed by atoms with Crippen LogP contribution in [-0.4, -0.2) is 50.0 Å². The quantitative estimate of drug-likeness (QED) is 0.346. The molecule has 0 bridgehead atoms. The molecule has 3 rings (SSSR count). The second-order valence-corrected chi connectivity index (χ2v) is 12.4. The Balaban J connectivity index is 2.06. The number of para-hydroxylation sites is 1. The van der Waals surface area contributed by atoms with Gasteiger partial charge in [-0.3, -0.25) is 13.9 Å². The van der Waals surface area contributed by atoms with E-state index in [0.717, 1.165) is 31.7 Å².